The van der Waals surface area contributed by atoms with E-state index in [1.807, 2.05) is 39.8 Å². The first kappa shape index (κ1) is 17.7. The minimum atomic E-state index is -1.02. The molecule has 0 saturated carbocycles. The summed E-state index contributed by atoms with van der Waals surface area (Å²) in [6.07, 6.45) is 0. The number of carbonyl (C=O) groups excluding carboxylic acids is 2. The highest BCUT2D eigenvalue weighted by atomic mass is 16.5. The van der Waals surface area contributed by atoms with Gasteiger partial charge in [0.25, 0.3) is 0 Å². The molecule has 2 atom stereocenters. The van der Waals surface area contributed by atoms with Crippen LogP contribution in [0.4, 0.5) is 0 Å². The molecule has 8 heteroatoms. The number of methoxy groups -OCH3 is 2. The first-order valence-electron chi connectivity index (χ1n) is 7.51. The molecule has 0 aliphatic carbocycles. The maximum Gasteiger partial charge on any atom is 0.333 e. The van der Waals surface area contributed by atoms with Crippen molar-refractivity contribution < 1.29 is 19.1 Å². The van der Waals surface area contributed by atoms with Gasteiger partial charge < -0.3 is 9.47 Å². The minimum absolute atomic E-state index is 0.593. The van der Waals surface area contributed by atoms with Crippen LogP contribution in [0.25, 0.3) is 0 Å². The normalized spacial score (nSPS) is 13.4. The van der Waals surface area contributed by atoms with Gasteiger partial charge in [-0.3, -0.25) is 9.36 Å². The Morgan fingerprint density at radius 2 is 1.17 bits per heavy atom. The number of hydrogen-bond donors (Lipinski definition) is 0. The smallest absolute Gasteiger partial charge is 0.333 e. The number of nitrogens with zero attached hydrogens (tertiary/aromatic N) is 4. The molecule has 8 nitrogen and oxygen atoms in total. The van der Waals surface area contributed by atoms with Crippen molar-refractivity contribution in [1.82, 2.24) is 19.6 Å². The topological polar surface area (TPSA) is 88.2 Å². The van der Waals surface area contributed by atoms with Crippen LogP contribution in [0.3, 0.4) is 0 Å². The predicted octanol–water partition coefficient (Wildman–Crippen LogP) is 1.44. The monoisotopic (exact) mass is 334 g/mol. The number of rotatable bonds is 5. The highest BCUT2D eigenvalue weighted by Gasteiger charge is 2.41. The van der Waals surface area contributed by atoms with E-state index in [0.29, 0.717) is 0 Å². The van der Waals surface area contributed by atoms with Crippen molar-refractivity contribution in [3.8, 4) is 0 Å². The van der Waals surface area contributed by atoms with Crippen molar-refractivity contribution in [2.75, 3.05) is 14.2 Å². The van der Waals surface area contributed by atoms with E-state index in [4.69, 9.17) is 9.47 Å². The number of hydrogen-bond acceptors (Lipinski definition) is 6. The fourth-order valence-corrected chi connectivity index (χ4v) is 2.82. The Kier molecular flexibility index (Phi) is 5.06. The molecule has 0 bridgehead atoms. The quantitative estimate of drug-likeness (QED) is 0.769. The van der Waals surface area contributed by atoms with Crippen molar-refractivity contribution in [1.29, 1.82) is 0 Å². The molecule has 0 spiro atoms. The molecule has 0 aromatic carbocycles. The van der Waals surface area contributed by atoms with Gasteiger partial charge in [0.15, 0.2) is 12.1 Å². The summed E-state index contributed by atoms with van der Waals surface area (Å²) >= 11 is 0. The van der Waals surface area contributed by atoms with E-state index in [1.54, 1.807) is 0 Å². The maximum atomic E-state index is 12.5. The lowest BCUT2D eigenvalue weighted by molar-refractivity contribution is -0.156. The Labute approximate surface area is 140 Å². The first-order valence-corrected chi connectivity index (χ1v) is 7.51. The molecule has 2 aromatic rings. The number of ether oxygens (including phenoxy) is 2. The van der Waals surface area contributed by atoms with Gasteiger partial charge in [-0.25, -0.2) is 9.59 Å². The second-order valence-corrected chi connectivity index (χ2v) is 5.68. The molecule has 0 N–H and O–H groups in total. The molecule has 24 heavy (non-hydrogen) atoms. The molecule has 0 saturated heterocycles. The van der Waals surface area contributed by atoms with Gasteiger partial charge in [-0.15, -0.1) is 0 Å². The van der Waals surface area contributed by atoms with Crippen molar-refractivity contribution in [3.05, 3.63) is 34.9 Å². The predicted molar refractivity (Wildman–Crippen MR) is 85.5 cm³/mol. The molecule has 0 unspecified atom stereocenters. The van der Waals surface area contributed by atoms with E-state index in [-0.39, 0.29) is 0 Å². The van der Waals surface area contributed by atoms with Gasteiger partial charge in [-0.05, 0) is 39.8 Å². The molecule has 0 amide bonds. The van der Waals surface area contributed by atoms with E-state index < -0.39 is 24.0 Å². The molecule has 0 fully saturated rings. The molecule has 2 aromatic heterocycles. The summed E-state index contributed by atoms with van der Waals surface area (Å²) in [6, 6.07) is 1.61. The van der Waals surface area contributed by atoms with E-state index >= 15 is 0 Å². The Balaban J connectivity index is 2.66. The molecule has 2 rings (SSSR count). The van der Waals surface area contributed by atoms with Crippen LogP contribution in [0.1, 0.15) is 34.9 Å². The Morgan fingerprint density at radius 3 is 1.38 bits per heavy atom. The van der Waals surface area contributed by atoms with Gasteiger partial charge in [-0.1, -0.05) is 0 Å². The summed E-state index contributed by atoms with van der Waals surface area (Å²) < 4.78 is 12.8. The lowest BCUT2D eigenvalue weighted by Crippen LogP contribution is -2.38. The summed E-state index contributed by atoms with van der Waals surface area (Å²) in [4.78, 5) is 25.0. The third-order valence-electron chi connectivity index (χ3n) is 3.80. The first-order chi connectivity index (χ1) is 11.3. The maximum absolute atomic E-state index is 12.5. The van der Waals surface area contributed by atoms with Crippen LogP contribution in [0, 0.1) is 27.7 Å². The highest BCUT2D eigenvalue weighted by molar-refractivity contribution is 5.84. The zero-order valence-corrected chi connectivity index (χ0v) is 14.7. The molecular weight excluding hydrogens is 312 g/mol. The average molecular weight is 334 g/mol. The largest absolute Gasteiger partial charge is 0.467 e. The van der Waals surface area contributed by atoms with Crippen molar-refractivity contribution in [2.45, 2.75) is 39.8 Å². The summed E-state index contributed by atoms with van der Waals surface area (Å²) in [5, 5.41) is 8.69. The number of aromatic nitrogens is 4. The average Bonchev–Trinajstić information content (AvgIpc) is 3.03. The van der Waals surface area contributed by atoms with Crippen LogP contribution in [0.2, 0.25) is 0 Å². The molecular formula is C16H22N4O4. The third kappa shape index (κ3) is 3.17. The third-order valence-corrected chi connectivity index (χ3v) is 3.80. The molecule has 0 aliphatic heterocycles. The second kappa shape index (κ2) is 6.86. The fraction of sp³-hybridized carbons (Fsp3) is 0.500. The van der Waals surface area contributed by atoms with Gasteiger partial charge >= 0.3 is 11.9 Å². The Morgan fingerprint density at radius 1 is 0.833 bits per heavy atom. The second-order valence-electron chi connectivity index (χ2n) is 5.68. The van der Waals surface area contributed by atoms with Gasteiger partial charge in [-0.2, -0.15) is 10.2 Å². The van der Waals surface area contributed by atoms with Gasteiger partial charge in [0.05, 0.1) is 25.6 Å². The van der Waals surface area contributed by atoms with Crippen LogP contribution in [-0.4, -0.2) is 45.7 Å². The molecule has 130 valence electrons. The summed E-state index contributed by atoms with van der Waals surface area (Å²) in [6.45, 7) is 7.25. The molecule has 0 aliphatic rings. The summed E-state index contributed by atoms with van der Waals surface area (Å²) in [7, 11) is 2.55. The summed E-state index contributed by atoms with van der Waals surface area (Å²) in [5.74, 6) is -1.19. The SMILES string of the molecule is COC(=O)[C@H]([C@@H](C(=O)OC)n1nc(C)cc1C)n1nc(C)cc1C. The number of esters is 2. The van der Waals surface area contributed by atoms with E-state index in [9.17, 15) is 9.59 Å². The summed E-state index contributed by atoms with van der Waals surface area (Å²) in [5.41, 5.74) is 2.94. The zero-order chi connectivity index (χ0) is 18.0. The number of carbonyl (C=O) groups is 2. The Hall–Kier alpha value is -2.64. The van der Waals surface area contributed by atoms with Crippen LogP contribution in [0.15, 0.2) is 12.1 Å². The number of aryl methyl sites for hydroxylation is 4. The van der Waals surface area contributed by atoms with Crippen LogP contribution in [0.5, 0.6) is 0 Å². The van der Waals surface area contributed by atoms with Crippen molar-refractivity contribution >= 4 is 11.9 Å². The van der Waals surface area contributed by atoms with Crippen LogP contribution >= 0.6 is 0 Å². The van der Waals surface area contributed by atoms with Gasteiger partial charge in [0, 0.05) is 11.4 Å². The van der Waals surface area contributed by atoms with Crippen LogP contribution < -0.4 is 0 Å². The van der Waals surface area contributed by atoms with Crippen LogP contribution in [-0.2, 0) is 19.1 Å². The Bertz CT molecular complexity index is 698. The van der Waals surface area contributed by atoms with E-state index in [0.717, 1.165) is 22.8 Å². The molecule has 0 radical (unpaired) electrons. The minimum Gasteiger partial charge on any atom is -0.467 e. The van der Waals surface area contributed by atoms with Gasteiger partial charge in [0.2, 0.25) is 0 Å². The van der Waals surface area contributed by atoms with E-state index in [1.165, 1.54) is 23.6 Å². The van der Waals surface area contributed by atoms with Crippen molar-refractivity contribution in [2.24, 2.45) is 0 Å². The highest BCUT2D eigenvalue weighted by Crippen LogP contribution is 2.28. The zero-order valence-electron chi connectivity index (χ0n) is 14.7. The standard InChI is InChI=1S/C16H22N4O4/c1-9-7-11(3)19(17-9)13(15(21)23-5)14(16(22)24-6)20-12(4)8-10(2)18-20/h7-8,13-14H,1-6H3/t13-,14-/m0/s1. The fourth-order valence-electron chi connectivity index (χ4n) is 2.82. The molecule has 2 heterocycles. The van der Waals surface area contributed by atoms with Gasteiger partial charge in [0.1, 0.15) is 0 Å². The lowest BCUT2D eigenvalue weighted by Gasteiger charge is -2.25. The van der Waals surface area contributed by atoms with E-state index in [2.05, 4.69) is 10.2 Å². The van der Waals surface area contributed by atoms with Crippen molar-refractivity contribution in [3.63, 3.8) is 0 Å². The lowest BCUT2D eigenvalue weighted by atomic mass is 10.1.